The molecule has 2 aromatic rings. The first-order chi connectivity index (χ1) is 11.8. The molecule has 4 rings (SSSR count). The van der Waals surface area contributed by atoms with Gasteiger partial charge in [-0.2, -0.15) is 5.10 Å². The number of rotatable bonds is 3. The normalized spacial score (nSPS) is 24.0. The Morgan fingerprint density at radius 3 is 3.08 bits per heavy atom. The minimum absolute atomic E-state index is 0.0475. The van der Waals surface area contributed by atoms with Crippen LogP contribution in [0.1, 0.15) is 73.8 Å². The maximum atomic E-state index is 13.3. The Morgan fingerprint density at radius 2 is 2.25 bits per heavy atom. The van der Waals surface area contributed by atoms with Crippen molar-refractivity contribution in [3.63, 3.8) is 0 Å². The molecule has 5 heteroatoms. The predicted octanol–water partition coefficient (Wildman–Crippen LogP) is 3.74. The molecule has 128 valence electrons. The highest BCUT2D eigenvalue weighted by atomic mass is 16.3. The zero-order valence-corrected chi connectivity index (χ0v) is 14.3. The van der Waals surface area contributed by atoms with Crippen molar-refractivity contribution in [2.24, 2.45) is 0 Å². The lowest BCUT2D eigenvalue weighted by molar-refractivity contribution is -0.137. The van der Waals surface area contributed by atoms with Gasteiger partial charge < -0.3 is 9.32 Å². The van der Waals surface area contributed by atoms with E-state index in [1.54, 1.807) is 0 Å². The highest BCUT2D eigenvalue weighted by molar-refractivity contribution is 5.84. The largest absolute Gasteiger partial charge is 0.464 e. The number of aromatic nitrogens is 2. The van der Waals surface area contributed by atoms with Crippen molar-refractivity contribution in [2.45, 2.75) is 63.8 Å². The Bertz CT molecular complexity index is 718. The summed E-state index contributed by atoms with van der Waals surface area (Å²) in [5.41, 5.74) is 2.24. The van der Waals surface area contributed by atoms with Gasteiger partial charge in [0.05, 0.1) is 18.2 Å². The quantitative estimate of drug-likeness (QED) is 0.934. The van der Waals surface area contributed by atoms with E-state index in [1.165, 1.54) is 0 Å². The molecule has 1 aliphatic heterocycles. The summed E-state index contributed by atoms with van der Waals surface area (Å²) in [6, 6.07) is 4.18. The molecule has 0 aromatic carbocycles. The van der Waals surface area contributed by atoms with Crippen molar-refractivity contribution < 1.29 is 9.21 Å². The van der Waals surface area contributed by atoms with Gasteiger partial charge in [0.2, 0.25) is 5.91 Å². The number of furan rings is 1. The Hall–Kier alpha value is -2.04. The van der Waals surface area contributed by atoms with E-state index in [2.05, 4.69) is 28.1 Å². The second-order valence-electron chi connectivity index (χ2n) is 6.95. The Labute approximate surface area is 142 Å². The molecule has 0 unspecified atom stereocenters. The van der Waals surface area contributed by atoms with Gasteiger partial charge in [0, 0.05) is 24.2 Å². The maximum absolute atomic E-state index is 13.3. The lowest BCUT2D eigenvalue weighted by Crippen LogP contribution is -2.41. The molecular formula is C19H25N3O2. The lowest BCUT2D eigenvalue weighted by atomic mass is 9.85. The van der Waals surface area contributed by atoms with E-state index in [0.717, 1.165) is 74.3 Å². The van der Waals surface area contributed by atoms with Crippen molar-refractivity contribution in [1.82, 2.24) is 15.1 Å². The van der Waals surface area contributed by atoms with Crippen LogP contribution in [0.5, 0.6) is 0 Å². The smallest absolute Gasteiger partial charge is 0.230 e. The monoisotopic (exact) mass is 327 g/mol. The van der Waals surface area contributed by atoms with Gasteiger partial charge in [-0.25, -0.2) is 0 Å². The van der Waals surface area contributed by atoms with Crippen molar-refractivity contribution in [3.05, 3.63) is 41.1 Å². The van der Waals surface area contributed by atoms with E-state index in [4.69, 9.17) is 4.42 Å². The van der Waals surface area contributed by atoms with Crippen LogP contribution < -0.4 is 0 Å². The molecule has 1 aliphatic carbocycles. The van der Waals surface area contributed by atoms with E-state index in [9.17, 15) is 4.79 Å². The first-order valence-corrected chi connectivity index (χ1v) is 9.19. The third-order valence-electron chi connectivity index (χ3n) is 5.49. The number of likely N-dealkylation sites (tertiary alicyclic amines) is 1. The van der Waals surface area contributed by atoms with Crippen molar-refractivity contribution >= 4 is 5.91 Å². The molecule has 2 atom stereocenters. The fourth-order valence-corrected chi connectivity index (χ4v) is 4.17. The number of aryl methyl sites for hydroxylation is 2. The first-order valence-electron chi connectivity index (χ1n) is 9.19. The Kier molecular flexibility index (Phi) is 4.17. The van der Waals surface area contributed by atoms with Gasteiger partial charge in [-0.3, -0.25) is 9.89 Å². The van der Waals surface area contributed by atoms with Crippen molar-refractivity contribution in [1.29, 1.82) is 0 Å². The van der Waals surface area contributed by atoms with Crippen molar-refractivity contribution in [2.75, 3.05) is 6.54 Å². The number of fused-ring (bicyclic) bond motifs is 1. The molecule has 0 saturated carbocycles. The highest BCUT2D eigenvalue weighted by Crippen LogP contribution is 2.38. The molecule has 2 aromatic heterocycles. The fraction of sp³-hybridized carbons (Fsp3) is 0.579. The number of hydrogen-bond acceptors (Lipinski definition) is 3. The van der Waals surface area contributed by atoms with Crippen LogP contribution >= 0.6 is 0 Å². The van der Waals surface area contributed by atoms with Gasteiger partial charge in [0.1, 0.15) is 11.5 Å². The second-order valence-corrected chi connectivity index (χ2v) is 6.95. The number of carbonyl (C=O) groups excluding carboxylic acids is 1. The third kappa shape index (κ3) is 2.66. The van der Waals surface area contributed by atoms with Gasteiger partial charge in [-0.1, -0.05) is 6.92 Å². The summed E-state index contributed by atoms with van der Waals surface area (Å²) in [6.07, 6.45) is 8.93. The number of carbonyl (C=O) groups is 1. The number of amides is 1. The lowest BCUT2D eigenvalue weighted by Gasteiger charge is -2.37. The average molecular weight is 327 g/mol. The van der Waals surface area contributed by atoms with Crippen LogP contribution in [-0.4, -0.2) is 27.5 Å². The SMILES string of the molecule is CCc1ccc([C@@H]2CCCCN2C(=O)[C@H]2CCCc3[nH]ncc32)o1. The maximum Gasteiger partial charge on any atom is 0.230 e. The van der Waals surface area contributed by atoms with E-state index >= 15 is 0 Å². The summed E-state index contributed by atoms with van der Waals surface area (Å²) in [5, 5.41) is 7.22. The Balaban J connectivity index is 1.60. The Morgan fingerprint density at radius 1 is 1.33 bits per heavy atom. The zero-order chi connectivity index (χ0) is 16.5. The summed E-state index contributed by atoms with van der Waals surface area (Å²) in [5.74, 6) is 2.14. The molecule has 1 fully saturated rings. The van der Waals surface area contributed by atoms with Crippen LogP contribution in [0.2, 0.25) is 0 Å². The number of nitrogens with one attached hydrogen (secondary N) is 1. The summed E-state index contributed by atoms with van der Waals surface area (Å²) < 4.78 is 5.98. The van der Waals surface area contributed by atoms with Gasteiger partial charge in [-0.15, -0.1) is 0 Å². The minimum atomic E-state index is -0.0475. The molecular weight excluding hydrogens is 302 g/mol. The number of aromatic amines is 1. The molecule has 0 spiro atoms. The summed E-state index contributed by atoms with van der Waals surface area (Å²) in [7, 11) is 0. The molecule has 1 amide bonds. The minimum Gasteiger partial charge on any atom is -0.464 e. The van der Waals surface area contributed by atoms with Gasteiger partial charge in [0.15, 0.2) is 0 Å². The number of H-pyrrole nitrogens is 1. The van der Waals surface area contributed by atoms with Crippen LogP contribution in [0.15, 0.2) is 22.7 Å². The third-order valence-corrected chi connectivity index (χ3v) is 5.49. The summed E-state index contributed by atoms with van der Waals surface area (Å²) in [4.78, 5) is 15.4. The number of hydrogen-bond donors (Lipinski definition) is 1. The first kappa shape index (κ1) is 15.5. The molecule has 3 heterocycles. The summed E-state index contributed by atoms with van der Waals surface area (Å²) in [6.45, 7) is 2.92. The fourth-order valence-electron chi connectivity index (χ4n) is 4.17. The number of nitrogens with zero attached hydrogens (tertiary/aromatic N) is 2. The molecule has 24 heavy (non-hydrogen) atoms. The standard InChI is InChI=1S/C19H25N3O2/c1-2-13-9-10-18(24-13)17-8-3-4-11-22(17)19(23)14-6-5-7-16-15(14)12-20-21-16/h9-10,12,14,17H,2-8,11H2,1H3,(H,20,21)/t14-,17-/m0/s1. The van der Waals surface area contributed by atoms with Crippen LogP contribution in [-0.2, 0) is 17.6 Å². The van der Waals surface area contributed by atoms with Crippen molar-refractivity contribution in [3.8, 4) is 0 Å². The van der Waals surface area contributed by atoms with E-state index in [1.807, 2.05) is 12.3 Å². The van der Waals surface area contributed by atoms with Crippen LogP contribution in [0.25, 0.3) is 0 Å². The van der Waals surface area contributed by atoms with E-state index in [-0.39, 0.29) is 17.9 Å². The van der Waals surface area contributed by atoms with Gasteiger partial charge in [0.25, 0.3) is 0 Å². The summed E-state index contributed by atoms with van der Waals surface area (Å²) >= 11 is 0. The molecule has 5 nitrogen and oxygen atoms in total. The molecule has 0 bridgehead atoms. The average Bonchev–Trinajstić information content (AvgIpc) is 3.29. The van der Waals surface area contributed by atoms with Crippen LogP contribution in [0.3, 0.4) is 0 Å². The zero-order valence-electron chi connectivity index (χ0n) is 14.3. The molecule has 1 N–H and O–H groups in total. The number of piperidine rings is 1. The predicted molar refractivity (Wildman–Crippen MR) is 90.7 cm³/mol. The van der Waals surface area contributed by atoms with E-state index in [0.29, 0.717) is 0 Å². The van der Waals surface area contributed by atoms with Crippen LogP contribution in [0.4, 0.5) is 0 Å². The second kappa shape index (κ2) is 6.46. The highest BCUT2D eigenvalue weighted by Gasteiger charge is 2.36. The van der Waals surface area contributed by atoms with E-state index < -0.39 is 0 Å². The molecule has 0 radical (unpaired) electrons. The van der Waals surface area contributed by atoms with Crippen LogP contribution in [0, 0.1) is 0 Å². The van der Waals surface area contributed by atoms with Gasteiger partial charge in [-0.05, 0) is 50.7 Å². The molecule has 2 aliphatic rings. The van der Waals surface area contributed by atoms with Gasteiger partial charge >= 0.3 is 0 Å². The molecule has 1 saturated heterocycles. The topological polar surface area (TPSA) is 62.1 Å².